The van der Waals surface area contributed by atoms with Crippen molar-refractivity contribution < 1.29 is 0 Å². The van der Waals surface area contributed by atoms with E-state index in [1.807, 2.05) is 7.05 Å². The molecule has 0 aromatic carbocycles. The molecule has 0 saturated carbocycles. The number of likely N-dealkylation sites (N-methyl/N-ethyl adjacent to an activating group) is 1. The molecule has 1 aliphatic heterocycles. The van der Waals surface area contributed by atoms with Crippen molar-refractivity contribution in [2.24, 2.45) is 4.99 Å². The number of aliphatic imine (C=N–C) groups is 1. The van der Waals surface area contributed by atoms with E-state index in [9.17, 15) is 0 Å². The first-order valence-electron chi connectivity index (χ1n) is 9.00. The summed E-state index contributed by atoms with van der Waals surface area (Å²) in [5.41, 5.74) is 0. The van der Waals surface area contributed by atoms with Gasteiger partial charge in [-0.1, -0.05) is 13.8 Å². The van der Waals surface area contributed by atoms with Gasteiger partial charge in [0, 0.05) is 25.7 Å². The summed E-state index contributed by atoms with van der Waals surface area (Å²) in [7, 11) is 4.07. The maximum Gasteiger partial charge on any atom is 0.191 e. The van der Waals surface area contributed by atoms with Crippen LogP contribution in [0.15, 0.2) is 4.99 Å². The van der Waals surface area contributed by atoms with Crippen LogP contribution in [0.5, 0.6) is 0 Å². The molecule has 2 atom stereocenters. The number of hydrogen-bond donors (Lipinski definition) is 2. The minimum atomic E-state index is 0. The van der Waals surface area contributed by atoms with Gasteiger partial charge in [0.2, 0.25) is 0 Å². The highest BCUT2D eigenvalue weighted by Crippen LogP contribution is 2.13. The summed E-state index contributed by atoms with van der Waals surface area (Å²) in [6, 6.07) is 1.11. The Balaban J connectivity index is 0.00000484. The standard InChI is InChI=1S/C17H37N5.HI/c1-6-22(7-2)13-8-10-15(3)20-17(18-4)19-14-16-11-9-12-21(16)5;/h15-16H,6-14H2,1-5H3,(H2,18,19,20);1H. The van der Waals surface area contributed by atoms with Crippen LogP contribution in [-0.4, -0.2) is 74.7 Å². The summed E-state index contributed by atoms with van der Waals surface area (Å²) in [5, 5.41) is 7.00. The molecule has 2 N–H and O–H groups in total. The molecule has 5 nitrogen and oxygen atoms in total. The van der Waals surface area contributed by atoms with Crippen LogP contribution in [0.1, 0.15) is 46.5 Å². The SMILES string of the molecule is CCN(CC)CCCC(C)NC(=NC)NCC1CCCN1C.I. The number of hydrogen-bond acceptors (Lipinski definition) is 3. The second kappa shape index (κ2) is 13.2. The van der Waals surface area contributed by atoms with Crippen LogP contribution in [-0.2, 0) is 0 Å². The van der Waals surface area contributed by atoms with Crippen LogP contribution in [0.25, 0.3) is 0 Å². The molecule has 0 amide bonds. The molecule has 0 bridgehead atoms. The largest absolute Gasteiger partial charge is 0.355 e. The van der Waals surface area contributed by atoms with Gasteiger partial charge in [0.25, 0.3) is 0 Å². The summed E-state index contributed by atoms with van der Waals surface area (Å²) >= 11 is 0. The molecule has 2 unspecified atom stereocenters. The van der Waals surface area contributed by atoms with Gasteiger partial charge in [-0.25, -0.2) is 0 Å². The summed E-state index contributed by atoms with van der Waals surface area (Å²) in [6.07, 6.45) is 5.02. The van der Waals surface area contributed by atoms with E-state index in [-0.39, 0.29) is 24.0 Å². The van der Waals surface area contributed by atoms with Gasteiger partial charge in [-0.3, -0.25) is 4.99 Å². The predicted octanol–water partition coefficient (Wildman–Crippen LogP) is 2.37. The normalized spacial score (nSPS) is 20.4. The summed E-state index contributed by atoms with van der Waals surface area (Å²) < 4.78 is 0. The summed E-state index contributed by atoms with van der Waals surface area (Å²) in [6.45, 7) is 12.4. The molecule has 1 heterocycles. The van der Waals surface area contributed by atoms with E-state index in [2.05, 4.69) is 53.2 Å². The Morgan fingerprint density at radius 2 is 2.04 bits per heavy atom. The molecule has 6 heteroatoms. The second-order valence-electron chi connectivity index (χ2n) is 6.44. The van der Waals surface area contributed by atoms with Crippen LogP contribution in [0.4, 0.5) is 0 Å². The van der Waals surface area contributed by atoms with Gasteiger partial charge in [-0.2, -0.15) is 0 Å². The lowest BCUT2D eigenvalue weighted by molar-refractivity contribution is 0.292. The minimum Gasteiger partial charge on any atom is -0.355 e. The van der Waals surface area contributed by atoms with Crippen LogP contribution < -0.4 is 10.6 Å². The fourth-order valence-corrected chi connectivity index (χ4v) is 3.11. The van der Waals surface area contributed by atoms with Gasteiger partial charge in [-0.15, -0.1) is 24.0 Å². The van der Waals surface area contributed by atoms with Crippen LogP contribution >= 0.6 is 24.0 Å². The van der Waals surface area contributed by atoms with E-state index in [0.717, 1.165) is 25.6 Å². The van der Waals surface area contributed by atoms with Crippen LogP contribution in [0.2, 0.25) is 0 Å². The Morgan fingerprint density at radius 1 is 1.35 bits per heavy atom. The van der Waals surface area contributed by atoms with Crippen molar-refractivity contribution in [2.45, 2.75) is 58.5 Å². The maximum absolute atomic E-state index is 4.36. The average Bonchev–Trinajstić information content (AvgIpc) is 2.93. The van der Waals surface area contributed by atoms with Crippen LogP contribution in [0, 0.1) is 0 Å². The molecular formula is C17H38IN5. The van der Waals surface area contributed by atoms with E-state index >= 15 is 0 Å². The lowest BCUT2D eigenvalue weighted by Crippen LogP contribution is -2.46. The Morgan fingerprint density at radius 3 is 2.57 bits per heavy atom. The third-order valence-corrected chi connectivity index (χ3v) is 4.79. The van der Waals surface area contributed by atoms with E-state index in [0.29, 0.717) is 12.1 Å². The molecule has 0 aromatic rings. The highest BCUT2D eigenvalue weighted by molar-refractivity contribution is 14.0. The number of guanidine groups is 1. The zero-order valence-corrected chi connectivity index (χ0v) is 18.1. The molecule has 138 valence electrons. The van der Waals surface area contributed by atoms with Gasteiger partial charge in [0.05, 0.1) is 0 Å². The Hall–Kier alpha value is -0.0800. The van der Waals surface area contributed by atoms with E-state index in [4.69, 9.17) is 0 Å². The van der Waals surface area contributed by atoms with Gasteiger partial charge < -0.3 is 20.4 Å². The number of rotatable bonds is 9. The zero-order valence-electron chi connectivity index (χ0n) is 15.8. The Bertz CT molecular complexity index is 320. The first-order chi connectivity index (χ1) is 10.6. The minimum absolute atomic E-state index is 0. The van der Waals surface area contributed by atoms with Crippen molar-refractivity contribution >= 4 is 29.9 Å². The van der Waals surface area contributed by atoms with Crippen molar-refractivity contribution in [3.05, 3.63) is 0 Å². The monoisotopic (exact) mass is 439 g/mol. The fourth-order valence-electron chi connectivity index (χ4n) is 3.11. The number of likely N-dealkylation sites (tertiary alicyclic amines) is 1. The number of nitrogens with one attached hydrogen (secondary N) is 2. The van der Waals surface area contributed by atoms with E-state index in [1.165, 1.54) is 38.8 Å². The second-order valence-corrected chi connectivity index (χ2v) is 6.44. The number of nitrogens with zero attached hydrogens (tertiary/aromatic N) is 3. The van der Waals surface area contributed by atoms with Crippen molar-refractivity contribution in [1.82, 2.24) is 20.4 Å². The molecule has 0 spiro atoms. The lowest BCUT2D eigenvalue weighted by atomic mass is 10.2. The first-order valence-corrected chi connectivity index (χ1v) is 9.00. The third-order valence-electron chi connectivity index (χ3n) is 4.79. The third kappa shape index (κ3) is 9.10. The van der Waals surface area contributed by atoms with Crippen molar-refractivity contribution in [1.29, 1.82) is 0 Å². The van der Waals surface area contributed by atoms with Crippen molar-refractivity contribution in [3.63, 3.8) is 0 Å². The highest BCUT2D eigenvalue weighted by atomic mass is 127. The molecule has 1 rings (SSSR count). The lowest BCUT2D eigenvalue weighted by Gasteiger charge is -2.23. The smallest absolute Gasteiger partial charge is 0.191 e. The van der Waals surface area contributed by atoms with E-state index < -0.39 is 0 Å². The van der Waals surface area contributed by atoms with E-state index in [1.54, 1.807) is 0 Å². The Kier molecular flexibility index (Phi) is 13.2. The molecular weight excluding hydrogens is 401 g/mol. The fraction of sp³-hybridized carbons (Fsp3) is 0.941. The van der Waals surface area contributed by atoms with Gasteiger partial charge in [0.15, 0.2) is 5.96 Å². The number of halogens is 1. The van der Waals surface area contributed by atoms with Crippen molar-refractivity contribution in [2.75, 3.05) is 46.8 Å². The average molecular weight is 439 g/mol. The molecule has 1 saturated heterocycles. The maximum atomic E-state index is 4.36. The first kappa shape index (κ1) is 22.9. The molecule has 0 aromatic heterocycles. The highest BCUT2D eigenvalue weighted by Gasteiger charge is 2.20. The quantitative estimate of drug-likeness (QED) is 0.329. The Labute approximate surface area is 160 Å². The predicted molar refractivity (Wildman–Crippen MR) is 112 cm³/mol. The van der Waals surface area contributed by atoms with Crippen molar-refractivity contribution in [3.8, 4) is 0 Å². The summed E-state index contributed by atoms with van der Waals surface area (Å²) in [4.78, 5) is 9.28. The van der Waals surface area contributed by atoms with Crippen LogP contribution in [0.3, 0.4) is 0 Å². The van der Waals surface area contributed by atoms with Gasteiger partial charge in [-0.05, 0) is 65.8 Å². The van der Waals surface area contributed by atoms with Gasteiger partial charge in [0.1, 0.15) is 0 Å². The molecule has 1 fully saturated rings. The molecule has 23 heavy (non-hydrogen) atoms. The zero-order chi connectivity index (χ0) is 16.4. The summed E-state index contributed by atoms with van der Waals surface area (Å²) in [5.74, 6) is 0.940. The molecule has 0 radical (unpaired) electrons. The van der Waals surface area contributed by atoms with Gasteiger partial charge >= 0.3 is 0 Å². The molecule has 0 aliphatic carbocycles. The molecule has 1 aliphatic rings. The topological polar surface area (TPSA) is 42.9 Å².